The second kappa shape index (κ2) is 3.83. The molecule has 0 radical (unpaired) electrons. The zero-order valence-corrected chi connectivity index (χ0v) is 8.79. The second-order valence-electron chi connectivity index (χ2n) is 4.70. The zero-order chi connectivity index (χ0) is 9.26. The van der Waals surface area contributed by atoms with Gasteiger partial charge < -0.3 is 5.32 Å². The van der Waals surface area contributed by atoms with Gasteiger partial charge in [-0.1, -0.05) is 25.5 Å². The minimum absolute atomic E-state index is 0.713. The van der Waals surface area contributed by atoms with Crippen LogP contribution in [0.5, 0.6) is 0 Å². The molecule has 0 aromatic rings. The monoisotopic (exact) mass is 179 g/mol. The summed E-state index contributed by atoms with van der Waals surface area (Å²) in [6.45, 7) is 4.58. The highest BCUT2D eigenvalue weighted by Gasteiger charge is 2.40. The first-order chi connectivity index (χ1) is 6.31. The predicted octanol–water partition coefficient (Wildman–Crippen LogP) is 2.73. The lowest BCUT2D eigenvalue weighted by molar-refractivity contribution is 0.150. The van der Waals surface area contributed by atoms with E-state index in [1.807, 2.05) is 0 Å². The Kier molecular flexibility index (Phi) is 2.73. The van der Waals surface area contributed by atoms with Crippen LogP contribution in [0.25, 0.3) is 0 Å². The molecule has 74 valence electrons. The molecule has 1 fully saturated rings. The van der Waals surface area contributed by atoms with Gasteiger partial charge in [0, 0.05) is 12.1 Å². The van der Waals surface area contributed by atoms with Crippen LogP contribution in [0.4, 0.5) is 0 Å². The van der Waals surface area contributed by atoms with Crippen molar-refractivity contribution < 1.29 is 0 Å². The summed E-state index contributed by atoms with van der Waals surface area (Å²) in [5.74, 6) is 1.87. The highest BCUT2D eigenvalue weighted by molar-refractivity contribution is 5.13. The van der Waals surface area contributed by atoms with Crippen molar-refractivity contribution in [3.05, 3.63) is 12.2 Å². The van der Waals surface area contributed by atoms with Crippen LogP contribution < -0.4 is 5.32 Å². The molecule has 1 heteroatoms. The molecule has 0 saturated heterocycles. The van der Waals surface area contributed by atoms with Crippen molar-refractivity contribution in [1.29, 1.82) is 0 Å². The van der Waals surface area contributed by atoms with Gasteiger partial charge >= 0.3 is 0 Å². The van der Waals surface area contributed by atoms with Gasteiger partial charge in [-0.05, 0) is 38.0 Å². The Morgan fingerprint density at radius 2 is 2.38 bits per heavy atom. The number of allylic oxidation sites excluding steroid dienone is 1. The van der Waals surface area contributed by atoms with Gasteiger partial charge in [0.1, 0.15) is 0 Å². The average Bonchev–Trinajstić information content (AvgIpc) is 2.43. The van der Waals surface area contributed by atoms with E-state index in [1.165, 1.54) is 25.7 Å². The van der Waals surface area contributed by atoms with E-state index in [1.54, 1.807) is 0 Å². The zero-order valence-electron chi connectivity index (χ0n) is 8.79. The molecule has 13 heavy (non-hydrogen) atoms. The number of hydrogen-bond donors (Lipinski definition) is 1. The molecule has 1 N–H and O–H groups in total. The maximum Gasteiger partial charge on any atom is 0.0138 e. The third-order valence-corrected chi connectivity index (χ3v) is 3.58. The van der Waals surface area contributed by atoms with E-state index < -0.39 is 0 Å². The Balaban J connectivity index is 1.74. The summed E-state index contributed by atoms with van der Waals surface area (Å²) in [6.07, 6.45) is 10.1. The fourth-order valence-corrected chi connectivity index (χ4v) is 2.79. The van der Waals surface area contributed by atoms with Crippen LogP contribution in [0.15, 0.2) is 12.2 Å². The van der Waals surface area contributed by atoms with Crippen LogP contribution in [-0.4, -0.2) is 12.1 Å². The Morgan fingerprint density at radius 3 is 3.08 bits per heavy atom. The van der Waals surface area contributed by atoms with Gasteiger partial charge in [0.15, 0.2) is 0 Å². The first kappa shape index (κ1) is 9.26. The summed E-state index contributed by atoms with van der Waals surface area (Å²) in [4.78, 5) is 0. The summed E-state index contributed by atoms with van der Waals surface area (Å²) in [5, 5.41) is 3.74. The average molecular weight is 179 g/mol. The maximum atomic E-state index is 3.74. The molecule has 0 spiro atoms. The molecule has 2 aliphatic carbocycles. The Morgan fingerprint density at radius 1 is 1.54 bits per heavy atom. The van der Waals surface area contributed by atoms with Gasteiger partial charge in [0.2, 0.25) is 0 Å². The maximum absolute atomic E-state index is 3.74. The molecule has 0 aromatic heterocycles. The van der Waals surface area contributed by atoms with E-state index in [0.717, 1.165) is 17.9 Å². The standard InChI is InChI=1S/C12H21N/c1-3-5-9(2)13-12-8-10-6-4-7-11(10)12/h4,7,9-13H,3,5-6,8H2,1-2H3. The van der Waals surface area contributed by atoms with Crippen molar-refractivity contribution in [2.24, 2.45) is 11.8 Å². The van der Waals surface area contributed by atoms with Crippen LogP contribution >= 0.6 is 0 Å². The van der Waals surface area contributed by atoms with Crippen LogP contribution in [0, 0.1) is 11.8 Å². The van der Waals surface area contributed by atoms with Crippen LogP contribution in [0.1, 0.15) is 39.5 Å². The van der Waals surface area contributed by atoms with E-state index in [9.17, 15) is 0 Å². The van der Waals surface area contributed by atoms with Crippen molar-refractivity contribution in [1.82, 2.24) is 5.32 Å². The Bertz CT molecular complexity index is 197. The summed E-state index contributed by atoms with van der Waals surface area (Å²) in [5.41, 5.74) is 0. The largest absolute Gasteiger partial charge is 0.311 e. The lowest BCUT2D eigenvalue weighted by Crippen LogP contribution is -2.51. The summed E-state index contributed by atoms with van der Waals surface area (Å²) >= 11 is 0. The van der Waals surface area contributed by atoms with E-state index in [2.05, 4.69) is 31.3 Å². The second-order valence-corrected chi connectivity index (χ2v) is 4.70. The van der Waals surface area contributed by atoms with E-state index in [4.69, 9.17) is 0 Å². The van der Waals surface area contributed by atoms with E-state index in [-0.39, 0.29) is 0 Å². The number of fused-ring (bicyclic) bond motifs is 1. The Labute approximate surface area is 81.6 Å². The van der Waals surface area contributed by atoms with Gasteiger partial charge in [-0.3, -0.25) is 0 Å². The van der Waals surface area contributed by atoms with Gasteiger partial charge in [0.25, 0.3) is 0 Å². The minimum atomic E-state index is 0.713. The molecule has 2 aliphatic rings. The molecular formula is C12H21N. The van der Waals surface area contributed by atoms with Gasteiger partial charge in [-0.25, -0.2) is 0 Å². The van der Waals surface area contributed by atoms with Crippen molar-refractivity contribution in [3.8, 4) is 0 Å². The van der Waals surface area contributed by atoms with Crippen LogP contribution in [0.2, 0.25) is 0 Å². The van der Waals surface area contributed by atoms with Crippen molar-refractivity contribution in [2.45, 2.75) is 51.6 Å². The van der Waals surface area contributed by atoms with Crippen molar-refractivity contribution in [3.63, 3.8) is 0 Å². The fraction of sp³-hybridized carbons (Fsp3) is 0.833. The molecule has 0 amide bonds. The molecule has 0 aromatic carbocycles. The summed E-state index contributed by atoms with van der Waals surface area (Å²) in [7, 11) is 0. The molecular weight excluding hydrogens is 158 g/mol. The van der Waals surface area contributed by atoms with Crippen LogP contribution in [0.3, 0.4) is 0 Å². The Hall–Kier alpha value is -0.300. The lowest BCUT2D eigenvalue weighted by atomic mass is 9.71. The topological polar surface area (TPSA) is 12.0 Å². The third kappa shape index (κ3) is 1.80. The van der Waals surface area contributed by atoms with Crippen molar-refractivity contribution >= 4 is 0 Å². The highest BCUT2D eigenvalue weighted by atomic mass is 15.0. The summed E-state index contributed by atoms with van der Waals surface area (Å²) < 4.78 is 0. The molecule has 2 rings (SSSR count). The quantitative estimate of drug-likeness (QED) is 0.654. The van der Waals surface area contributed by atoms with Gasteiger partial charge in [-0.2, -0.15) is 0 Å². The fourth-order valence-electron chi connectivity index (χ4n) is 2.79. The molecule has 4 atom stereocenters. The molecule has 0 heterocycles. The van der Waals surface area contributed by atoms with E-state index in [0.29, 0.717) is 6.04 Å². The smallest absolute Gasteiger partial charge is 0.0138 e. The highest BCUT2D eigenvalue weighted by Crippen LogP contribution is 2.42. The third-order valence-electron chi connectivity index (χ3n) is 3.58. The first-order valence-electron chi connectivity index (χ1n) is 5.74. The van der Waals surface area contributed by atoms with Crippen molar-refractivity contribution in [2.75, 3.05) is 0 Å². The predicted molar refractivity (Wildman–Crippen MR) is 56.6 cm³/mol. The minimum Gasteiger partial charge on any atom is -0.311 e. The molecule has 4 unspecified atom stereocenters. The molecule has 1 nitrogen and oxygen atoms in total. The molecule has 1 saturated carbocycles. The first-order valence-corrected chi connectivity index (χ1v) is 5.74. The number of hydrogen-bond acceptors (Lipinski definition) is 1. The number of rotatable bonds is 4. The van der Waals surface area contributed by atoms with E-state index >= 15 is 0 Å². The summed E-state index contributed by atoms with van der Waals surface area (Å²) in [6, 6.07) is 1.51. The molecule has 0 bridgehead atoms. The normalized spacial score (nSPS) is 38.5. The van der Waals surface area contributed by atoms with Crippen LogP contribution in [-0.2, 0) is 0 Å². The van der Waals surface area contributed by atoms with Gasteiger partial charge in [0.05, 0.1) is 0 Å². The SMILES string of the molecule is CCCC(C)NC1CC2CC=CC21. The number of nitrogens with one attached hydrogen (secondary N) is 1. The molecule has 0 aliphatic heterocycles. The lowest BCUT2D eigenvalue weighted by Gasteiger charge is -2.42. The van der Waals surface area contributed by atoms with Gasteiger partial charge in [-0.15, -0.1) is 0 Å².